The lowest BCUT2D eigenvalue weighted by Gasteiger charge is -2.38. The number of nitrogens with zero attached hydrogens (tertiary/aromatic N) is 2. The monoisotopic (exact) mass is 421 g/mol. The Morgan fingerprint density at radius 3 is 2.27 bits per heavy atom. The third-order valence-electron chi connectivity index (χ3n) is 5.82. The van der Waals surface area contributed by atoms with Crippen LogP contribution in [0, 0.1) is 13.8 Å². The Morgan fingerprint density at radius 2 is 1.73 bits per heavy atom. The fraction of sp³-hybridized carbons (Fsp3) is 0.455. The second-order valence-corrected chi connectivity index (χ2v) is 7.79. The van der Waals surface area contributed by atoms with Crippen molar-refractivity contribution >= 4 is 17.3 Å². The Morgan fingerprint density at radius 1 is 1.10 bits per heavy atom. The molecule has 0 amide bonds. The average molecular weight is 421 g/mol. The van der Waals surface area contributed by atoms with Gasteiger partial charge < -0.3 is 9.88 Å². The number of hydrogen-bond donors (Lipinski definition) is 1. The number of nitrogens with one attached hydrogen (secondary N) is 1. The number of carbonyl (C=O) groups is 2. The number of piperazine rings is 1. The summed E-state index contributed by atoms with van der Waals surface area (Å²) < 4.78 is 38.9. The first-order valence-electron chi connectivity index (χ1n) is 9.91. The smallest absolute Gasteiger partial charge is 0.369 e. The highest BCUT2D eigenvalue weighted by molar-refractivity contribution is 6.05. The Kier molecular flexibility index (Phi) is 6.08. The highest BCUT2D eigenvalue weighted by Gasteiger charge is 2.32. The van der Waals surface area contributed by atoms with Gasteiger partial charge in [-0.15, -0.1) is 0 Å². The van der Waals surface area contributed by atoms with Crippen molar-refractivity contribution in [1.29, 1.82) is 0 Å². The molecular formula is C22H26F3N3O2. The van der Waals surface area contributed by atoms with Gasteiger partial charge in [0.25, 0.3) is 0 Å². The number of carbonyl (C=O) groups excluding carboxylic acids is 2. The number of ketones is 2. The number of aryl methyl sites for hydroxylation is 1. The van der Waals surface area contributed by atoms with Crippen molar-refractivity contribution in [3.63, 3.8) is 0 Å². The van der Waals surface area contributed by atoms with E-state index in [2.05, 4.69) is 4.98 Å². The molecular weight excluding hydrogens is 395 g/mol. The number of hydrogen-bond acceptors (Lipinski definition) is 4. The fourth-order valence-corrected chi connectivity index (χ4v) is 4.15. The lowest BCUT2D eigenvalue weighted by molar-refractivity contribution is -0.137. The van der Waals surface area contributed by atoms with Gasteiger partial charge in [0.2, 0.25) is 0 Å². The van der Waals surface area contributed by atoms with Crippen LogP contribution in [-0.4, -0.2) is 53.7 Å². The molecule has 162 valence electrons. The molecule has 1 fully saturated rings. The number of H-pyrrole nitrogens is 1. The molecule has 0 spiro atoms. The molecule has 5 nitrogen and oxygen atoms in total. The van der Waals surface area contributed by atoms with Gasteiger partial charge in [0.1, 0.15) is 0 Å². The number of alkyl halides is 3. The first-order chi connectivity index (χ1) is 14.0. The maximum absolute atomic E-state index is 13.0. The zero-order chi connectivity index (χ0) is 22.2. The molecule has 0 radical (unpaired) electrons. The summed E-state index contributed by atoms with van der Waals surface area (Å²) in [7, 11) is 0. The largest absolute Gasteiger partial charge is 0.416 e. The number of anilines is 1. The number of aromatic nitrogens is 1. The van der Waals surface area contributed by atoms with Crippen LogP contribution in [0.25, 0.3) is 0 Å². The normalized spacial score (nSPS) is 16.6. The first-order valence-corrected chi connectivity index (χ1v) is 9.91. The van der Waals surface area contributed by atoms with Crippen LogP contribution in [0.5, 0.6) is 0 Å². The molecule has 1 aromatic carbocycles. The van der Waals surface area contributed by atoms with E-state index >= 15 is 0 Å². The Balaban J connectivity index is 1.69. The van der Waals surface area contributed by atoms with Crippen molar-refractivity contribution in [3.05, 3.63) is 52.3 Å². The fourth-order valence-electron chi connectivity index (χ4n) is 4.15. The quantitative estimate of drug-likeness (QED) is 0.734. The highest BCUT2D eigenvalue weighted by atomic mass is 19.4. The minimum absolute atomic E-state index is 0.0809. The molecule has 8 heteroatoms. The van der Waals surface area contributed by atoms with Crippen molar-refractivity contribution in [3.8, 4) is 0 Å². The van der Waals surface area contributed by atoms with Gasteiger partial charge in [-0.05, 0) is 51.5 Å². The van der Waals surface area contributed by atoms with Gasteiger partial charge in [0.15, 0.2) is 11.6 Å². The molecule has 1 aliphatic heterocycles. The molecule has 30 heavy (non-hydrogen) atoms. The lowest BCUT2D eigenvalue weighted by Crippen LogP contribution is -2.52. The summed E-state index contributed by atoms with van der Waals surface area (Å²) >= 11 is 0. The Bertz CT molecular complexity index is 957. The molecule has 0 bridgehead atoms. The first kappa shape index (κ1) is 22.1. The predicted octanol–water partition coefficient (Wildman–Crippen LogP) is 4.25. The standard InChI is InChI=1S/C22H26F3N3O2/c1-13-19(16(4)29)14(2)26-20(13)21(30)15(3)27-8-10-28(11-9-27)18-7-5-6-17(12-18)22(23,24)25/h5-7,12,15,26H,8-11H2,1-4H3/t15-/m0/s1. The minimum Gasteiger partial charge on any atom is -0.369 e. The van der Waals surface area contributed by atoms with Gasteiger partial charge in [-0.1, -0.05) is 6.07 Å². The third kappa shape index (κ3) is 4.28. The SMILES string of the molecule is CC(=O)c1c(C)[nH]c(C(=O)[C@H](C)N2CCN(c3cccc(C(F)(F)F)c3)CC2)c1C. The van der Waals surface area contributed by atoms with Gasteiger partial charge in [-0.3, -0.25) is 14.5 Å². The van der Waals surface area contributed by atoms with Crippen molar-refractivity contribution in [2.45, 2.75) is 39.9 Å². The molecule has 2 aromatic rings. The van der Waals surface area contributed by atoms with Crippen LogP contribution in [0.4, 0.5) is 18.9 Å². The molecule has 0 saturated carbocycles. The molecule has 2 heterocycles. The Hall–Kier alpha value is -2.61. The van der Waals surface area contributed by atoms with E-state index in [1.165, 1.54) is 19.1 Å². The summed E-state index contributed by atoms with van der Waals surface area (Å²) in [4.78, 5) is 31.9. The van der Waals surface area contributed by atoms with E-state index in [1.54, 1.807) is 19.9 Å². The molecule has 1 aromatic heterocycles. The highest BCUT2D eigenvalue weighted by Crippen LogP contribution is 2.32. The van der Waals surface area contributed by atoms with E-state index in [4.69, 9.17) is 0 Å². The van der Waals surface area contributed by atoms with Crippen molar-refractivity contribution in [2.75, 3.05) is 31.1 Å². The van der Waals surface area contributed by atoms with Crippen LogP contribution in [-0.2, 0) is 6.18 Å². The second kappa shape index (κ2) is 8.26. The van der Waals surface area contributed by atoms with Crippen LogP contribution >= 0.6 is 0 Å². The lowest BCUT2D eigenvalue weighted by atomic mass is 10.0. The number of aromatic amines is 1. The molecule has 1 saturated heterocycles. The van der Waals surface area contributed by atoms with E-state index in [-0.39, 0.29) is 11.6 Å². The maximum atomic E-state index is 13.0. The third-order valence-corrected chi connectivity index (χ3v) is 5.82. The predicted molar refractivity (Wildman–Crippen MR) is 109 cm³/mol. The van der Waals surface area contributed by atoms with E-state index in [0.717, 1.165) is 6.07 Å². The summed E-state index contributed by atoms with van der Waals surface area (Å²) in [6.07, 6.45) is -4.37. The van der Waals surface area contributed by atoms with Gasteiger partial charge in [0, 0.05) is 43.1 Å². The number of rotatable bonds is 5. The van der Waals surface area contributed by atoms with Crippen molar-refractivity contribution in [1.82, 2.24) is 9.88 Å². The van der Waals surface area contributed by atoms with Crippen LogP contribution < -0.4 is 4.90 Å². The van der Waals surface area contributed by atoms with E-state index in [0.29, 0.717) is 54.4 Å². The number of Topliss-reactive ketones (excluding diaryl/α,β-unsaturated/α-hetero) is 2. The average Bonchev–Trinajstić information content (AvgIpc) is 3.00. The maximum Gasteiger partial charge on any atom is 0.416 e. The number of benzene rings is 1. The van der Waals surface area contributed by atoms with Crippen molar-refractivity contribution < 1.29 is 22.8 Å². The van der Waals surface area contributed by atoms with E-state index in [1.807, 2.05) is 16.7 Å². The zero-order valence-electron chi connectivity index (χ0n) is 17.6. The van der Waals surface area contributed by atoms with E-state index < -0.39 is 17.8 Å². The van der Waals surface area contributed by atoms with Crippen LogP contribution in [0.2, 0.25) is 0 Å². The molecule has 3 rings (SSSR count). The van der Waals surface area contributed by atoms with Crippen LogP contribution in [0.15, 0.2) is 24.3 Å². The van der Waals surface area contributed by atoms with Gasteiger partial charge in [-0.2, -0.15) is 13.2 Å². The molecule has 1 aliphatic rings. The van der Waals surface area contributed by atoms with Crippen LogP contribution in [0.1, 0.15) is 51.5 Å². The molecule has 1 N–H and O–H groups in total. The summed E-state index contributed by atoms with van der Waals surface area (Å²) in [6, 6.07) is 4.92. The second-order valence-electron chi connectivity index (χ2n) is 7.79. The van der Waals surface area contributed by atoms with Gasteiger partial charge >= 0.3 is 6.18 Å². The molecule has 0 unspecified atom stereocenters. The van der Waals surface area contributed by atoms with Gasteiger partial charge in [0.05, 0.1) is 17.3 Å². The Labute approximate surface area is 173 Å². The molecule has 0 aliphatic carbocycles. The summed E-state index contributed by atoms with van der Waals surface area (Å²) in [5.41, 5.74) is 2.23. The topological polar surface area (TPSA) is 56.4 Å². The number of halogens is 3. The minimum atomic E-state index is -4.37. The van der Waals surface area contributed by atoms with Crippen molar-refractivity contribution in [2.24, 2.45) is 0 Å². The van der Waals surface area contributed by atoms with Gasteiger partial charge in [-0.25, -0.2) is 0 Å². The summed E-state index contributed by atoms with van der Waals surface area (Å²) in [5, 5.41) is 0. The zero-order valence-corrected chi connectivity index (χ0v) is 17.6. The van der Waals surface area contributed by atoms with Crippen LogP contribution in [0.3, 0.4) is 0 Å². The summed E-state index contributed by atoms with van der Waals surface area (Å²) in [5.74, 6) is -0.168. The molecule has 1 atom stereocenters. The summed E-state index contributed by atoms with van der Waals surface area (Å²) in [6.45, 7) is 9.02. The van der Waals surface area contributed by atoms with E-state index in [9.17, 15) is 22.8 Å².